The molecule has 11 aromatic rings. The number of para-hydroxylation sites is 2. The zero-order valence-corrected chi connectivity index (χ0v) is 35.6. The molecule has 1 heterocycles. The van der Waals surface area contributed by atoms with Crippen molar-refractivity contribution in [3.8, 4) is 16.8 Å². The lowest BCUT2D eigenvalue weighted by molar-refractivity contribution is 0.734. The third-order valence-electron chi connectivity index (χ3n) is 13.6. The van der Waals surface area contributed by atoms with E-state index in [2.05, 4.69) is 252 Å². The van der Waals surface area contributed by atoms with E-state index in [1.54, 1.807) is 0 Å². The normalized spacial score (nSPS) is 14.2. The first-order chi connectivity index (χ1) is 31.8. The summed E-state index contributed by atoms with van der Waals surface area (Å²) in [4.78, 5) is 2.45. The molecule has 64 heavy (non-hydrogen) atoms. The molecule has 1 unspecified atom stereocenters. The van der Waals surface area contributed by atoms with Gasteiger partial charge in [-0.15, -0.1) is 0 Å². The second kappa shape index (κ2) is 15.8. The van der Waals surface area contributed by atoms with Crippen LogP contribution in [0, 0.1) is 0 Å². The lowest BCUT2D eigenvalue weighted by Crippen LogP contribution is -2.30. The first kappa shape index (κ1) is 37.8. The second-order valence-electron chi connectivity index (χ2n) is 17.1. The minimum atomic E-state index is -0.542. The number of hydrogen-bond donors (Lipinski definition) is 0. The molecule has 1 aliphatic rings. The highest BCUT2D eigenvalue weighted by Gasteiger charge is 2.47. The van der Waals surface area contributed by atoms with Crippen LogP contribution in [0.15, 0.2) is 243 Å². The number of aromatic nitrogens is 1. The number of benzene rings is 10. The summed E-state index contributed by atoms with van der Waals surface area (Å²) < 4.78 is 2.47. The first-order valence-electron chi connectivity index (χ1n) is 22.6. The van der Waals surface area contributed by atoms with Gasteiger partial charge in [-0.3, -0.25) is 0 Å². The predicted molar refractivity (Wildman–Crippen MR) is 269 cm³/mol. The number of rotatable bonds is 10. The average Bonchev–Trinajstić information content (AvgIpc) is 3.86. The van der Waals surface area contributed by atoms with Gasteiger partial charge < -0.3 is 9.47 Å². The minimum Gasteiger partial charge on any atom is -0.310 e. The summed E-state index contributed by atoms with van der Waals surface area (Å²) in [6, 6.07) is 89.8. The quantitative estimate of drug-likeness (QED) is 0.133. The van der Waals surface area contributed by atoms with Crippen molar-refractivity contribution in [2.45, 2.75) is 24.7 Å². The number of aryl methyl sites for hydroxylation is 2. The van der Waals surface area contributed by atoms with E-state index < -0.39 is 5.41 Å². The van der Waals surface area contributed by atoms with Crippen LogP contribution in [0.2, 0.25) is 0 Å². The van der Waals surface area contributed by atoms with E-state index in [4.69, 9.17) is 0 Å². The molecule has 12 rings (SSSR count). The van der Waals surface area contributed by atoms with Crippen molar-refractivity contribution >= 4 is 49.6 Å². The molecule has 1 aromatic heterocycles. The van der Waals surface area contributed by atoms with Gasteiger partial charge in [-0.2, -0.15) is 0 Å². The lowest BCUT2D eigenvalue weighted by Gasteiger charge is -2.36. The summed E-state index contributed by atoms with van der Waals surface area (Å²) >= 11 is 0. The van der Waals surface area contributed by atoms with Gasteiger partial charge in [0, 0.05) is 38.9 Å². The van der Waals surface area contributed by atoms with Crippen molar-refractivity contribution in [2.75, 3.05) is 4.90 Å². The van der Waals surface area contributed by atoms with Gasteiger partial charge in [0.25, 0.3) is 0 Å². The molecule has 304 valence electrons. The summed E-state index contributed by atoms with van der Waals surface area (Å²) in [7, 11) is 0. The summed E-state index contributed by atoms with van der Waals surface area (Å²) in [5, 5.41) is 4.97. The molecular weight excluding hydrogens is 773 g/mol. The maximum Gasteiger partial charge on any atom is 0.0716 e. The Labute approximate surface area is 375 Å². The molecule has 0 radical (unpaired) electrons. The number of anilines is 3. The molecule has 1 aliphatic carbocycles. The van der Waals surface area contributed by atoms with Crippen LogP contribution in [0.5, 0.6) is 0 Å². The lowest BCUT2D eigenvalue weighted by atomic mass is 9.66. The number of fused-ring (bicyclic) bond motifs is 8. The van der Waals surface area contributed by atoms with Gasteiger partial charge in [0.2, 0.25) is 0 Å². The molecule has 0 fully saturated rings. The van der Waals surface area contributed by atoms with Crippen LogP contribution in [-0.2, 0) is 18.3 Å². The Hall–Kier alpha value is -7.94. The molecule has 2 heteroatoms. The Kier molecular flexibility index (Phi) is 9.30. The molecule has 0 bridgehead atoms. The standard InChI is InChI=1S/C62H46N2/c1-5-20-44(21-6-1)22-19-25-46-24-14-17-34-57(46)62(47-26-7-2-8-27-47)58-35-18-16-33-53(58)54-40-37-50(42-59(54)62)63(48-28-9-3-10-29-48)51-38-41-55-56-39-36-45-23-13-15-32-52(45)61(56)64(60(55)43-51)49-30-11-4-12-31-49/h1-18,20-21,23-24,26-43H,19,22,25H2. The Balaban J connectivity index is 1.09. The monoisotopic (exact) mass is 818 g/mol. The molecule has 0 amide bonds. The summed E-state index contributed by atoms with van der Waals surface area (Å²) in [5.74, 6) is 0. The van der Waals surface area contributed by atoms with Crippen molar-refractivity contribution in [3.63, 3.8) is 0 Å². The number of nitrogens with zero attached hydrogens (tertiary/aromatic N) is 2. The van der Waals surface area contributed by atoms with Crippen molar-refractivity contribution < 1.29 is 0 Å². The number of hydrogen-bond acceptors (Lipinski definition) is 1. The van der Waals surface area contributed by atoms with E-state index in [0.717, 1.165) is 42.0 Å². The van der Waals surface area contributed by atoms with Crippen LogP contribution < -0.4 is 4.90 Å². The highest BCUT2D eigenvalue weighted by Crippen LogP contribution is 2.58. The van der Waals surface area contributed by atoms with Crippen LogP contribution in [0.4, 0.5) is 17.1 Å². The fraction of sp³-hybridized carbons (Fsp3) is 0.0645. The molecule has 10 aromatic carbocycles. The molecular formula is C62H46N2. The van der Waals surface area contributed by atoms with E-state index in [-0.39, 0.29) is 0 Å². The highest BCUT2D eigenvalue weighted by atomic mass is 15.1. The Morgan fingerprint density at radius 3 is 1.81 bits per heavy atom. The van der Waals surface area contributed by atoms with Crippen LogP contribution in [-0.4, -0.2) is 4.57 Å². The van der Waals surface area contributed by atoms with Gasteiger partial charge in [0.1, 0.15) is 0 Å². The van der Waals surface area contributed by atoms with Crippen LogP contribution in [0.1, 0.15) is 39.8 Å². The molecule has 1 atom stereocenters. The smallest absolute Gasteiger partial charge is 0.0716 e. The van der Waals surface area contributed by atoms with E-state index in [9.17, 15) is 0 Å². The summed E-state index contributed by atoms with van der Waals surface area (Å²) in [6.07, 6.45) is 3.10. The molecule has 0 N–H and O–H groups in total. The largest absolute Gasteiger partial charge is 0.310 e. The Morgan fingerprint density at radius 2 is 1.00 bits per heavy atom. The van der Waals surface area contributed by atoms with Crippen LogP contribution in [0.25, 0.3) is 49.4 Å². The Morgan fingerprint density at radius 1 is 0.391 bits per heavy atom. The van der Waals surface area contributed by atoms with Gasteiger partial charge in [-0.25, -0.2) is 0 Å². The molecule has 0 spiro atoms. The van der Waals surface area contributed by atoms with Crippen molar-refractivity contribution in [3.05, 3.63) is 276 Å². The van der Waals surface area contributed by atoms with E-state index in [1.165, 1.54) is 77.1 Å². The van der Waals surface area contributed by atoms with Gasteiger partial charge in [0.05, 0.1) is 16.4 Å². The summed E-state index contributed by atoms with van der Waals surface area (Å²) in [6.45, 7) is 0. The van der Waals surface area contributed by atoms with Crippen molar-refractivity contribution in [2.24, 2.45) is 0 Å². The van der Waals surface area contributed by atoms with E-state index in [0.29, 0.717) is 0 Å². The van der Waals surface area contributed by atoms with Crippen molar-refractivity contribution in [1.82, 2.24) is 4.57 Å². The highest BCUT2D eigenvalue weighted by molar-refractivity contribution is 6.19. The van der Waals surface area contributed by atoms with Crippen molar-refractivity contribution in [1.29, 1.82) is 0 Å². The topological polar surface area (TPSA) is 8.17 Å². The summed E-state index contributed by atoms with van der Waals surface area (Å²) in [5.41, 5.74) is 16.9. The van der Waals surface area contributed by atoms with Gasteiger partial charge >= 0.3 is 0 Å². The fourth-order valence-electron chi connectivity index (χ4n) is 10.9. The maximum atomic E-state index is 2.50. The maximum absolute atomic E-state index is 2.50. The van der Waals surface area contributed by atoms with Gasteiger partial charge in [0.15, 0.2) is 0 Å². The third-order valence-corrected chi connectivity index (χ3v) is 13.6. The van der Waals surface area contributed by atoms with Crippen LogP contribution >= 0.6 is 0 Å². The predicted octanol–water partition coefficient (Wildman–Crippen LogP) is 15.9. The zero-order valence-electron chi connectivity index (χ0n) is 35.6. The molecule has 0 saturated carbocycles. The minimum absolute atomic E-state index is 0.542. The fourth-order valence-corrected chi connectivity index (χ4v) is 10.9. The van der Waals surface area contributed by atoms with Gasteiger partial charge in [-0.05, 0) is 118 Å². The Bertz CT molecular complexity index is 3460. The SMILES string of the molecule is c1ccc(CCCc2ccccc2C2(c3ccccc3)c3ccccc3-c3ccc(N(c4ccccc4)c4ccc5c6ccc7ccccc7c6n(-c6ccccc6)c5c4)cc32)cc1. The zero-order chi connectivity index (χ0) is 42.5. The molecule has 2 nitrogen and oxygen atoms in total. The second-order valence-corrected chi connectivity index (χ2v) is 17.1. The van der Waals surface area contributed by atoms with Gasteiger partial charge in [-0.1, -0.05) is 194 Å². The van der Waals surface area contributed by atoms with Crippen LogP contribution in [0.3, 0.4) is 0 Å². The average molecular weight is 819 g/mol. The molecule has 0 saturated heterocycles. The molecule has 0 aliphatic heterocycles. The van der Waals surface area contributed by atoms with E-state index in [1.807, 2.05) is 0 Å². The first-order valence-corrected chi connectivity index (χ1v) is 22.6. The van der Waals surface area contributed by atoms with E-state index >= 15 is 0 Å². The third kappa shape index (κ3) is 6.09.